The highest BCUT2D eigenvalue weighted by Crippen LogP contribution is 2.18. The molecule has 106 valence electrons. The number of ether oxygens (including phenoxy) is 1. The molecule has 8 nitrogen and oxygen atoms in total. The number of carboxylic acids is 1. The van der Waals surface area contributed by atoms with Crippen LogP contribution in [-0.4, -0.2) is 26.2 Å². The second-order valence-corrected chi connectivity index (χ2v) is 4.00. The van der Waals surface area contributed by atoms with E-state index in [0.717, 1.165) is 0 Å². The zero-order valence-corrected chi connectivity index (χ0v) is 10.6. The molecule has 0 bridgehead atoms. The van der Waals surface area contributed by atoms with Crippen LogP contribution in [0.3, 0.4) is 0 Å². The maximum atomic E-state index is 10.8. The molecule has 0 aliphatic heterocycles. The lowest BCUT2D eigenvalue weighted by Gasteiger charge is -2.02. The molecule has 0 fully saturated rings. The van der Waals surface area contributed by atoms with E-state index in [4.69, 9.17) is 18.8 Å². The first-order valence-electron chi connectivity index (χ1n) is 5.90. The largest absolute Gasteiger partial charge is 0.484 e. The highest BCUT2D eigenvalue weighted by atomic mass is 16.5. The monoisotopic (exact) mass is 287 g/mol. The van der Waals surface area contributed by atoms with Gasteiger partial charge in [0.15, 0.2) is 12.4 Å². The Bertz CT molecular complexity index is 751. The van der Waals surface area contributed by atoms with Gasteiger partial charge in [-0.3, -0.25) is 4.98 Å². The van der Waals surface area contributed by atoms with E-state index >= 15 is 0 Å². The molecule has 0 aromatic carbocycles. The van der Waals surface area contributed by atoms with E-state index in [9.17, 15) is 4.79 Å². The van der Waals surface area contributed by atoms with Crippen LogP contribution in [0, 0.1) is 0 Å². The van der Waals surface area contributed by atoms with Gasteiger partial charge in [-0.2, -0.15) is 4.98 Å². The van der Waals surface area contributed by atoms with Crippen LogP contribution in [0.1, 0.15) is 16.2 Å². The molecule has 3 heterocycles. The standard InChI is InChI=1S/C13H9N3O5/c17-13(18)8-4-9(6-14-5-8)20-7-11-15-12(21-16-11)10-2-1-3-19-10/h1-6H,7H2,(H,17,18). The van der Waals surface area contributed by atoms with E-state index in [-0.39, 0.29) is 18.1 Å². The number of furan rings is 1. The van der Waals surface area contributed by atoms with Crippen LogP contribution in [0.25, 0.3) is 11.7 Å². The van der Waals surface area contributed by atoms with E-state index in [1.54, 1.807) is 12.1 Å². The van der Waals surface area contributed by atoms with Crippen molar-refractivity contribution in [2.75, 3.05) is 0 Å². The van der Waals surface area contributed by atoms with Gasteiger partial charge in [0, 0.05) is 6.20 Å². The van der Waals surface area contributed by atoms with Crippen molar-refractivity contribution in [3.63, 3.8) is 0 Å². The zero-order chi connectivity index (χ0) is 14.7. The number of carbonyl (C=O) groups is 1. The Morgan fingerprint density at radius 1 is 1.38 bits per heavy atom. The summed E-state index contributed by atoms with van der Waals surface area (Å²) >= 11 is 0. The third-order valence-electron chi connectivity index (χ3n) is 2.53. The second-order valence-electron chi connectivity index (χ2n) is 4.00. The van der Waals surface area contributed by atoms with Gasteiger partial charge in [-0.05, 0) is 18.2 Å². The fraction of sp³-hybridized carbons (Fsp3) is 0.0769. The Morgan fingerprint density at radius 2 is 2.29 bits per heavy atom. The third kappa shape index (κ3) is 2.89. The maximum Gasteiger partial charge on any atom is 0.337 e. The average molecular weight is 287 g/mol. The van der Waals surface area contributed by atoms with Crippen molar-refractivity contribution in [2.24, 2.45) is 0 Å². The highest BCUT2D eigenvalue weighted by Gasteiger charge is 2.12. The first-order chi connectivity index (χ1) is 10.2. The van der Waals surface area contributed by atoms with Crippen molar-refractivity contribution in [3.8, 4) is 17.4 Å². The van der Waals surface area contributed by atoms with Gasteiger partial charge >= 0.3 is 5.97 Å². The van der Waals surface area contributed by atoms with E-state index in [1.807, 2.05) is 0 Å². The number of carboxylic acid groups (broad SMARTS) is 1. The predicted molar refractivity (Wildman–Crippen MR) is 67.5 cm³/mol. The van der Waals surface area contributed by atoms with Crippen molar-refractivity contribution >= 4 is 5.97 Å². The number of nitrogens with zero attached hydrogens (tertiary/aromatic N) is 3. The van der Waals surface area contributed by atoms with Crippen LogP contribution in [0.4, 0.5) is 0 Å². The minimum Gasteiger partial charge on any atom is -0.484 e. The summed E-state index contributed by atoms with van der Waals surface area (Å²) in [4.78, 5) is 18.7. The van der Waals surface area contributed by atoms with E-state index in [0.29, 0.717) is 17.3 Å². The highest BCUT2D eigenvalue weighted by molar-refractivity contribution is 5.87. The first kappa shape index (κ1) is 12.9. The van der Waals surface area contributed by atoms with Crippen molar-refractivity contribution in [1.82, 2.24) is 15.1 Å². The lowest BCUT2D eigenvalue weighted by Crippen LogP contribution is -2.01. The molecular weight excluding hydrogens is 278 g/mol. The van der Waals surface area contributed by atoms with Crippen molar-refractivity contribution in [1.29, 1.82) is 0 Å². The Balaban J connectivity index is 1.68. The molecular formula is C13H9N3O5. The van der Waals surface area contributed by atoms with Crippen LogP contribution in [-0.2, 0) is 6.61 Å². The summed E-state index contributed by atoms with van der Waals surface area (Å²) in [5.41, 5.74) is 0.0388. The van der Waals surface area contributed by atoms with Crippen LogP contribution < -0.4 is 4.74 Å². The van der Waals surface area contributed by atoms with Gasteiger partial charge < -0.3 is 18.8 Å². The van der Waals surface area contributed by atoms with Gasteiger partial charge in [0.25, 0.3) is 5.89 Å². The van der Waals surface area contributed by atoms with E-state index in [2.05, 4.69) is 15.1 Å². The van der Waals surface area contributed by atoms with Gasteiger partial charge in [-0.1, -0.05) is 5.16 Å². The van der Waals surface area contributed by atoms with Crippen LogP contribution in [0.5, 0.6) is 5.75 Å². The molecule has 3 aromatic rings. The molecule has 0 amide bonds. The maximum absolute atomic E-state index is 10.8. The lowest BCUT2D eigenvalue weighted by atomic mass is 10.3. The first-order valence-corrected chi connectivity index (χ1v) is 5.90. The van der Waals surface area contributed by atoms with Gasteiger partial charge in [0.05, 0.1) is 18.0 Å². The Morgan fingerprint density at radius 3 is 3.05 bits per heavy atom. The molecule has 0 atom stereocenters. The normalized spacial score (nSPS) is 10.5. The topological polar surface area (TPSA) is 111 Å². The number of hydrogen-bond donors (Lipinski definition) is 1. The summed E-state index contributed by atoms with van der Waals surface area (Å²) in [7, 11) is 0. The summed E-state index contributed by atoms with van der Waals surface area (Å²) in [5.74, 6) is 0.244. The summed E-state index contributed by atoms with van der Waals surface area (Å²) in [5, 5.41) is 12.6. The van der Waals surface area contributed by atoms with Crippen LogP contribution in [0.15, 0.2) is 45.8 Å². The molecule has 8 heteroatoms. The van der Waals surface area contributed by atoms with Crippen molar-refractivity contribution in [2.45, 2.75) is 6.61 Å². The molecule has 21 heavy (non-hydrogen) atoms. The number of aromatic nitrogens is 3. The Kier molecular flexibility index (Phi) is 3.34. The van der Waals surface area contributed by atoms with Crippen molar-refractivity contribution in [3.05, 3.63) is 48.2 Å². The molecule has 3 aromatic heterocycles. The third-order valence-corrected chi connectivity index (χ3v) is 2.53. The fourth-order valence-corrected chi connectivity index (χ4v) is 1.58. The Hall–Kier alpha value is -3.16. The van der Waals surface area contributed by atoms with Gasteiger partial charge in [-0.25, -0.2) is 4.79 Å². The molecule has 0 radical (unpaired) electrons. The van der Waals surface area contributed by atoms with Gasteiger partial charge in [0.1, 0.15) is 5.75 Å². The van der Waals surface area contributed by atoms with Crippen molar-refractivity contribution < 1.29 is 23.6 Å². The quantitative estimate of drug-likeness (QED) is 0.758. The number of hydrogen-bond acceptors (Lipinski definition) is 7. The fourth-order valence-electron chi connectivity index (χ4n) is 1.58. The molecule has 0 aliphatic carbocycles. The van der Waals surface area contributed by atoms with Gasteiger partial charge in [-0.15, -0.1) is 0 Å². The number of rotatable bonds is 5. The van der Waals surface area contributed by atoms with E-state index < -0.39 is 5.97 Å². The number of aromatic carboxylic acids is 1. The molecule has 3 rings (SSSR count). The summed E-state index contributed by atoms with van der Waals surface area (Å²) in [6.07, 6.45) is 4.14. The molecule has 1 N–H and O–H groups in total. The minimum absolute atomic E-state index is 0.0228. The summed E-state index contributed by atoms with van der Waals surface area (Å²) in [6, 6.07) is 4.76. The van der Waals surface area contributed by atoms with Crippen LogP contribution in [0.2, 0.25) is 0 Å². The predicted octanol–water partition coefficient (Wildman–Crippen LogP) is 2.00. The summed E-state index contributed by atoms with van der Waals surface area (Å²) < 4.78 is 15.5. The van der Waals surface area contributed by atoms with E-state index in [1.165, 1.54) is 24.7 Å². The summed E-state index contributed by atoms with van der Waals surface area (Å²) in [6.45, 7) is 0.0228. The average Bonchev–Trinajstić information content (AvgIpc) is 3.16. The lowest BCUT2D eigenvalue weighted by molar-refractivity contribution is 0.0696. The molecule has 0 saturated carbocycles. The SMILES string of the molecule is O=C(O)c1cncc(OCc2noc(-c3ccco3)n2)c1. The molecule has 0 aliphatic rings. The number of pyridine rings is 1. The van der Waals surface area contributed by atoms with Crippen LogP contribution >= 0.6 is 0 Å². The zero-order valence-electron chi connectivity index (χ0n) is 10.6. The Labute approximate surface area is 118 Å². The second kappa shape index (κ2) is 5.45. The molecule has 0 spiro atoms. The molecule has 0 unspecified atom stereocenters. The molecule has 0 saturated heterocycles. The van der Waals surface area contributed by atoms with Gasteiger partial charge in [0.2, 0.25) is 5.82 Å². The smallest absolute Gasteiger partial charge is 0.337 e. The minimum atomic E-state index is -1.08.